The zero-order valence-electron chi connectivity index (χ0n) is 60.1. The van der Waals surface area contributed by atoms with Crippen molar-refractivity contribution in [2.75, 3.05) is 66.9 Å². The number of carbonyl (C=O) groups is 10. The number of hydrogen-bond donors (Lipinski definition) is 9. The molecule has 10 N–H and O–H groups in total. The topological polar surface area (TPSA) is 324 Å². The van der Waals surface area contributed by atoms with E-state index in [-0.39, 0.29) is 113 Å². The Labute approximate surface area is 585 Å². The number of piperidine rings is 1. The van der Waals surface area contributed by atoms with Crippen molar-refractivity contribution in [3.63, 3.8) is 0 Å². The molecule has 0 bridgehead atoms. The Morgan fingerprint density at radius 3 is 1.92 bits per heavy atom. The first-order valence-corrected chi connectivity index (χ1v) is 35.4. The molecule has 98 heavy (non-hydrogen) atoms. The van der Waals surface area contributed by atoms with Crippen LogP contribution >= 0.6 is 0 Å². The van der Waals surface area contributed by atoms with Gasteiger partial charge in [-0.1, -0.05) is 111 Å². The van der Waals surface area contributed by atoms with E-state index >= 15 is 0 Å². The summed E-state index contributed by atoms with van der Waals surface area (Å²) in [4.78, 5) is 143. The predicted octanol–water partition coefficient (Wildman–Crippen LogP) is 3.78. The molecule has 0 aromatic heterocycles. The minimum Gasteiger partial charge on any atom is -0.452 e. The first kappa shape index (κ1) is 83.5. The van der Waals surface area contributed by atoms with Crippen molar-refractivity contribution in [3.05, 3.63) is 65.7 Å². The van der Waals surface area contributed by atoms with Crippen LogP contribution in [0.3, 0.4) is 0 Å². The molecule has 29 heteroatoms. The number of nitrogens with one attached hydrogen (secondary N) is 8. The minimum atomic E-state index is -4.58. The number of nitrogens with two attached hydrogens (primary N) is 1. The number of hydrogen-bond acceptors (Lipinski definition) is 14. The number of likely N-dealkylation sites (N-methyl/N-ethyl adjacent to an activating group) is 2. The number of anilines is 1. The molecule has 2 heterocycles. The van der Waals surface area contributed by atoms with Gasteiger partial charge in [0.2, 0.25) is 47.3 Å². The number of methoxy groups -OCH3 is 2. The monoisotopic (exact) mass is 1400 g/mol. The van der Waals surface area contributed by atoms with Crippen LogP contribution < -0.4 is 47.3 Å². The van der Waals surface area contributed by atoms with Gasteiger partial charge in [-0.3, -0.25) is 53.0 Å². The Balaban J connectivity index is 1.43. The fourth-order valence-electron chi connectivity index (χ4n) is 13.4. The second-order valence-electron chi connectivity index (χ2n) is 27.4. The van der Waals surface area contributed by atoms with Gasteiger partial charge in [0, 0.05) is 65.3 Å². The van der Waals surface area contributed by atoms with Crippen molar-refractivity contribution < 1.29 is 70.6 Å². The summed E-state index contributed by atoms with van der Waals surface area (Å²) >= 11 is 0.323. The third kappa shape index (κ3) is 25.1. The van der Waals surface area contributed by atoms with E-state index in [2.05, 4.69) is 41.5 Å². The second-order valence-corrected chi connectivity index (χ2v) is 27.9. The predicted molar refractivity (Wildman–Crippen MR) is 370 cm³/mol. The molecule has 548 valence electrons. The largest absolute Gasteiger partial charge is 0.452 e. The van der Waals surface area contributed by atoms with Crippen molar-refractivity contribution in [2.24, 2.45) is 41.2 Å². The summed E-state index contributed by atoms with van der Waals surface area (Å²) < 4.78 is 57.0. The number of amides is 11. The average Bonchev–Trinajstić information content (AvgIpc) is 1.25. The van der Waals surface area contributed by atoms with Gasteiger partial charge in [0.05, 0.1) is 42.7 Å². The van der Waals surface area contributed by atoms with E-state index in [0.717, 1.165) is 5.56 Å². The molecule has 2 saturated heterocycles. The van der Waals surface area contributed by atoms with Crippen molar-refractivity contribution in [2.45, 2.75) is 206 Å². The molecule has 11 amide bonds. The van der Waals surface area contributed by atoms with Crippen LogP contribution in [0, 0.1) is 35.5 Å². The SMILES string of the molecule is CC[C@H](C)[C@@H]([C@@H](CC(=O)N1CCC[C@H]1[C@H](OC)[C@@H](C)C(=O)N[C@@H](Cc1ccccc1)C(=O)NCc1ccc(NC(=O)[C@H](CCCNC(N)=O)NC(=O)[C@@H](NC(=O)CCCN2CC[C@@H](C(=O)[NH][AlH2])C[C@H]2C(F)(F)F)C(C)C)cc1)OC)N(C)C(=O)[C@@H](NC(=O)[C@H](C(C)C)N(C)C)C(C)C. The molecule has 0 radical (unpaired) electrons. The zero-order chi connectivity index (χ0) is 73.3. The van der Waals surface area contributed by atoms with Crippen LogP contribution in [0.15, 0.2) is 54.6 Å². The van der Waals surface area contributed by atoms with Gasteiger partial charge in [-0.25, -0.2) is 4.79 Å². The number of likely N-dealkylation sites (tertiary alicyclic amines) is 2. The molecular weight excluding hydrogens is 1290 g/mol. The average molecular weight is 1400 g/mol. The third-order valence-corrected chi connectivity index (χ3v) is 19.5. The normalized spacial score (nSPS) is 19.0. The Morgan fingerprint density at radius 1 is 0.714 bits per heavy atom. The van der Waals surface area contributed by atoms with Crippen LogP contribution in [-0.4, -0.2) is 224 Å². The second kappa shape index (κ2) is 40.4. The molecule has 0 saturated carbocycles. The van der Waals surface area contributed by atoms with Crippen LogP contribution in [0.5, 0.6) is 0 Å². The van der Waals surface area contributed by atoms with E-state index in [1.165, 1.54) is 19.1 Å². The van der Waals surface area contributed by atoms with E-state index in [9.17, 15) is 61.1 Å². The summed E-state index contributed by atoms with van der Waals surface area (Å²) in [6, 6.07) is 7.33. The number of urea groups is 1. The maximum absolute atomic E-state index is 14.6. The highest BCUT2D eigenvalue weighted by Crippen LogP contribution is 2.35. The number of nitrogens with zero attached hydrogens (tertiary/aromatic N) is 4. The zero-order valence-corrected chi connectivity index (χ0v) is 62.1. The van der Waals surface area contributed by atoms with Gasteiger partial charge in [0.1, 0.15) is 30.2 Å². The van der Waals surface area contributed by atoms with Gasteiger partial charge < -0.3 is 66.5 Å². The summed E-state index contributed by atoms with van der Waals surface area (Å²) in [5.74, 6) is -6.52. The standard InChI is InChI=1S/C69H110F3N13O12.Al.2H/c1-15-43(8)59(83(12)67(94)57(41(4)5)81-66(93)58(42(6)7)82(10)11)52(96-13)38-55(87)85-34-20-25-51(85)60(97-14)44(9)62(89)79-50(36-45-22-17-16-18-23-45)63(90)76-39-46-27-29-48(30-28-46)77-64(91)49(24-19-32-75-68(74)95)78-65(92)56(40(2)3)80-54(86)26-21-33-84-35-31-47(61(73)88)37-53(84)69(70,71)72;;;/h16-18,22-23,27-30,40-44,47,49-53,56-60H,15,19-21,24-26,31-39H2,1-14H3,(H11,73,74,75,76,77,78,79,80,81,86,88,89,90,91,92,93,95);;;/q;+1;;/p-1/t43-,44+,47+,49-,50-,51-,52+,53-,56-,57-,58-,59-,60+;;;/m0.../s1. The summed E-state index contributed by atoms with van der Waals surface area (Å²) in [6.45, 7) is 17.2. The molecule has 2 aromatic rings. The molecule has 4 rings (SSSR count). The van der Waals surface area contributed by atoms with Crippen LogP contribution in [0.1, 0.15) is 138 Å². The van der Waals surface area contributed by atoms with E-state index in [1.54, 1.807) is 61.9 Å². The van der Waals surface area contributed by atoms with Crippen LogP contribution in [0.4, 0.5) is 23.7 Å². The molecule has 25 nitrogen and oxygen atoms in total. The summed E-state index contributed by atoms with van der Waals surface area (Å²) in [6.07, 6.45) is -4.24. The fourth-order valence-corrected chi connectivity index (χ4v) is 13.8. The molecule has 0 spiro atoms. The van der Waals surface area contributed by atoms with E-state index in [1.807, 2.05) is 90.9 Å². The molecule has 2 aliphatic heterocycles. The molecule has 13 atom stereocenters. The van der Waals surface area contributed by atoms with Crippen molar-refractivity contribution in [1.29, 1.82) is 0 Å². The fraction of sp³-hybridized carbons (Fsp3) is 0.681. The Kier molecular flexibility index (Phi) is 34.4. The van der Waals surface area contributed by atoms with Crippen molar-refractivity contribution in [3.8, 4) is 0 Å². The number of carbonyl (C=O) groups excluding carboxylic acids is 10. The lowest BCUT2D eigenvalue weighted by atomic mass is 9.89. The van der Waals surface area contributed by atoms with Gasteiger partial charge in [0.15, 0.2) is 5.91 Å². The maximum Gasteiger partial charge on any atom is 0.404 e. The van der Waals surface area contributed by atoms with Gasteiger partial charge in [-0.15, -0.1) is 0 Å². The Bertz CT molecular complexity index is 2930. The van der Waals surface area contributed by atoms with Crippen molar-refractivity contribution in [1.82, 2.24) is 55.8 Å². The quantitative estimate of drug-likeness (QED) is 0.0342. The Hall–Kier alpha value is -6.90. The van der Waals surface area contributed by atoms with Crippen molar-refractivity contribution >= 4 is 81.4 Å². The van der Waals surface area contributed by atoms with E-state index in [0.29, 0.717) is 53.6 Å². The van der Waals surface area contributed by atoms with E-state index in [4.69, 9.17) is 15.2 Å². The van der Waals surface area contributed by atoms with Gasteiger partial charge in [-0.2, -0.15) is 13.2 Å². The third-order valence-electron chi connectivity index (χ3n) is 19.0. The highest BCUT2D eigenvalue weighted by atomic mass is 27.1. The smallest absolute Gasteiger partial charge is 0.404 e. The lowest BCUT2D eigenvalue weighted by Crippen LogP contribution is -2.59. The number of benzene rings is 2. The highest BCUT2D eigenvalue weighted by Gasteiger charge is 2.48. The summed E-state index contributed by atoms with van der Waals surface area (Å²) in [7, 11) is 8.35. The highest BCUT2D eigenvalue weighted by molar-refractivity contribution is 6.14. The molecule has 0 aliphatic carbocycles. The lowest BCUT2D eigenvalue weighted by Gasteiger charge is -2.41. The number of rotatable bonds is 38. The lowest BCUT2D eigenvalue weighted by molar-refractivity contribution is -0.196. The first-order valence-electron chi connectivity index (χ1n) is 34.4. The Morgan fingerprint density at radius 2 is 1.36 bits per heavy atom. The first-order chi connectivity index (χ1) is 46.2. The number of primary amides is 1. The van der Waals surface area contributed by atoms with Crippen LogP contribution in [0.25, 0.3) is 0 Å². The summed E-state index contributed by atoms with van der Waals surface area (Å²) in [5.41, 5.74) is 6.98. The van der Waals surface area contributed by atoms with Gasteiger partial charge >= 0.3 is 28.7 Å². The number of halogens is 3. The minimum absolute atomic E-state index is 0.0130. The van der Waals surface area contributed by atoms with Crippen LogP contribution in [0.2, 0.25) is 0 Å². The number of alkyl halides is 3. The van der Waals surface area contributed by atoms with Crippen LogP contribution in [-0.2, 0) is 65.6 Å². The molecule has 2 aromatic carbocycles. The molecule has 0 unspecified atom stereocenters. The molecule has 2 fully saturated rings. The molecule has 2 aliphatic rings. The van der Waals surface area contributed by atoms with Gasteiger partial charge in [-0.05, 0) is 119 Å². The summed E-state index contributed by atoms with van der Waals surface area (Å²) in [5, 5.41) is 19.6. The number of ether oxygens (including phenoxy) is 2. The van der Waals surface area contributed by atoms with E-state index < -0.39 is 126 Å². The van der Waals surface area contributed by atoms with Gasteiger partial charge in [0.25, 0.3) is 0 Å². The maximum atomic E-state index is 14.6. The molecular formula is C69H111AlF3N13O12.